The first-order chi connectivity index (χ1) is 9.99. The maximum absolute atomic E-state index is 11.3. The SMILES string of the molecule is CCNCCc1sc(CS(N)(=O)=O)nc1-c1ccccc1. The van der Waals surface area contributed by atoms with Crippen molar-refractivity contribution in [1.29, 1.82) is 0 Å². The lowest BCUT2D eigenvalue weighted by molar-refractivity contribution is 0.597. The van der Waals surface area contributed by atoms with E-state index in [1.54, 1.807) is 0 Å². The highest BCUT2D eigenvalue weighted by Crippen LogP contribution is 2.29. The second-order valence-electron chi connectivity index (χ2n) is 4.66. The molecule has 0 bridgehead atoms. The summed E-state index contributed by atoms with van der Waals surface area (Å²) < 4.78 is 22.5. The van der Waals surface area contributed by atoms with Gasteiger partial charge in [-0.25, -0.2) is 18.5 Å². The highest BCUT2D eigenvalue weighted by Gasteiger charge is 2.16. The molecule has 0 saturated carbocycles. The maximum Gasteiger partial charge on any atom is 0.215 e. The summed E-state index contributed by atoms with van der Waals surface area (Å²) in [6, 6.07) is 9.79. The monoisotopic (exact) mass is 325 g/mol. The van der Waals surface area contributed by atoms with E-state index in [2.05, 4.69) is 17.2 Å². The Kier molecular flexibility index (Phi) is 5.46. The Balaban J connectivity index is 2.31. The van der Waals surface area contributed by atoms with E-state index in [0.717, 1.165) is 35.6 Å². The van der Waals surface area contributed by atoms with E-state index in [0.29, 0.717) is 5.01 Å². The average molecular weight is 325 g/mol. The van der Waals surface area contributed by atoms with Gasteiger partial charge in [0.15, 0.2) is 0 Å². The van der Waals surface area contributed by atoms with Crippen LogP contribution in [0.5, 0.6) is 0 Å². The Morgan fingerprint density at radius 1 is 1.29 bits per heavy atom. The largest absolute Gasteiger partial charge is 0.317 e. The quantitative estimate of drug-likeness (QED) is 0.760. The van der Waals surface area contributed by atoms with Crippen molar-refractivity contribution in [1.82, 2.24) is 10.3 Å². The summed E-state index contributed by atoms with van der Waals surface area (Å²) in [7, 11) is -3.56. The van der Waals surface area contributed by atoms with E-state index in [1.807, 2.05) is 30.3 Å². The molecule has 2 rings (SSSR count). The van der Waals surface area contributed by atoms with Crippen LogP contribution in [0.3, 0.4) is 0 Å². The first kappa shape index (κ1) is 16.1. The van der Waals surface area contributed by atoms with Crippen molar-refractivity contribution in [2.45, 2.75) is 19.1 Å². The molecular formula is C14H19N3O2S2. The highest BCUT2D eigenvalue weighted by atomic mass is 32.2. The van der Waals surface area contributed by atoms with Crippen LogP contribution in [0.1, 0.15) is 16.8 Å². The van der Waals surface area contributed by atoms with Crippen LogP contribution in [0.15, 0.2) is 30.3 Å². The number of hydrogen-bond donors (Lipinski definition) is 2. The predicted octanol–water partition coefficient (Wildman–Crippen LogP) is 1.75. The van der Waals surface area contributed by atoms with E-state index in [1.165, 1.54) is 11.3 Å². The summed E-state index contributed by atoms with van der Waals surface area (Å²) in [6.07, 6.45) is 0.820. The molecule has 0 aliphatic carbocycles. The Morgan fingerprint density at radius 2 is 2.00 bits per heavy atom. The van der Waals surface area contributed by atoms with Crippen molar-refractivity contribution in [3.05, 3.63) is 40.2 Å². The van der Waals surface area contributed by atoms with E-state index < -0.39 is 10.0 Å². The van der Waals surface area contributed by atoms with Crippen molar-refractivity contribution in [3.8, 4) is 11.3 Å². The van der Waals surface area contributed by atoms with Crippen LogP contribution in [0.25, 0.3) is 11.3 Å². The molecule has 0 fully saturated rings. The molecule has 0 spiro atoms. The molecule has 0 amide bonds. The number of hydrogen-bond acceptors (Lipinski definition) is 5. The van der Waals surface area contributed by atoms with Gasteiger partial charge in [-0.2, -0.15) is 0 Å². The highest BCUT2D eigenvalue weighted by molar-refractivity contribution is 7.88. The van der Waals surface area contributed by atoms with Crippen LogP contribution in [0, 0.1) is 0 Å². The molecular weight excluding hydrogens is 306 g/mol. The van der Waals surface area contributed by atoms with Gasteiger partial charge in [0.1, 0.15) is 10.8 Å². The Labute approximate surface area is 129 Å². The first-order valence-corrected chi connectivity index (χ1v) is 9.28. The fraction of sp³-hybridized carbons (Fsp3) is 0.357. The standard InChI is InChI=1S/C14H19N3O2S2/c1-2-16-9-8-12-14(11-6-4-3-5-7-11)17-13(20-12)10-21(15,18)19/h3-7,16H,2,8-10H2,1H3,(H2,15,18,19). The van der Waals surface area contributed by atoms with Gasteiger partial charge in [-0.3, -0.25) is 0 Å². The third-order valence-electron chi connectivity index (χ3n) is 2.89. The molecule has 1 aromatic heterocycles. The minimum Gasteiger partial charge on any atom is -0.317 e. The summed E-state index contributed by atoms with van der Waals surface area (Å²) in [6.45, 7) is 3.80. The van der Waals surface area contributed by atoms with Crippen molar-refractivity contribution >= 4 is 21.4 Å². The predicted molar refractivity (Wildman–Crippen MR) is 86.6 cm³/mol. The topological polar surface area (TPSA) is 85.1 Å². The molecule has 0 aliphatic heterocycles. The molecule has 0 radical (unpaired) electrons. The van der Waals surface area contributed by atoms with Crippen molar-refractivity contribution in [3.63, 3.8) is 0 Å². The van der Waals surface area contributed by atoms with Gasteiger partial charge >= 0.3 is 0 Å². The summed E-state index contributed by atoms with van der Waals surface area (Å²) >= 11 is 1.42. The Morgan fingerprint density at radius 3 is 2.62 bits per heavy atom. The molecule has 21 heavy (non-hydrogen) atoms. The van der Waals surface area contributed by atoms with Gasteiger partial charge in [0.25, 0.3) is 0 Å². The number of benzene rings is 1. The molecule has 5 nitrogen and oxygen atoms in total. The van der Waals surface area contributed by atoms with Gasteiger partial charge in [0.2, 0.25) is 10.0 Å². The van der Waals surface area contributed by atoms with Gasteiger partial charge in [-0.05, 0) is 13.0 Å². The summed E-state index contributed by atoms with van der Waals surface area (Å²) in [5.74, 6) is -0.210. The molecule has 2 aromatic rings. The molecule has 114 valence electrons. The number of likely N-dealkylation sites (N-methyl/N-ethyl adjacent to an activating group) is 1. The van der Waals surface area contributed by atoms with Gasteiger partial charge in [-0.15, -0.1) is 11.3 Å². The summed E-state index contributed by atoms with van der Waals surface area (Å²) in [5, 5.41) is 8.93. The number of aromatic nitrogens is 1. The number of primary sulfonamides is 1. The normalized spacial score (nSPS) is 11.7. The number of sulfonamides is 1. The third-order valence-corrected chi connectivity index (χ3v) is 4.87. The lowest BCUT2D eigenvalue weighted by atomic mass is 10.1. The van der Waals surface area contributed by atoms with Crippen LogP contribution < -0.4 is 10.5 Å². The number of nitrogens with zero attached hydrogens (tertiary/aromatic N) is 1. The van der Waals surface area contributed by atoms with Crippen molar-refractivity contribution < 1.29 is 8.42 Å². The van der Waals surface area contributed by atoms with Crippen LogP contribution in [-0.2, 0) is 22.2 Å². The molecule has 1 heterocycles. The zero-order valence-corrected chi connectivity index (χ0v) is 13.5. The third kappa shape index (κ3) is 4.89. The van der Waals surface area contributed by atoms with Gasteiger partial charge in [0, 0.05) is 17.0 Å². The van der Waals surface area contributed by atoms with Crippen LogP contribution in [0.2, 0.25) is 0 Å². The molecule has 0 atom stereocenters. The zero-order valence-electron chi connectivity index (χ0n) is 11.9. The van der Waals surface area contributed by atoms with E-state index >= 15 is 0 Å². The minimum absolute atomic E-state index is 0.210. The molecule has 1 aromatic carbocycles. The van der Waals surface area contributed by atoms with E-state index in [-0.39, 0.29) is 5.75 Å². The van der Waals surface area contributed by atoms with Crippen LogP contribution in [0.4, 0.5) is 0 Å². The van der Waals surface area contributed by atoms with Gasteiger partial charge in [-0.1, -0.05) is 37.3 Å². The number of rotatable bonds is 7. The lowest BCUT2D eigenvalue weighted by Crippen LogP contribution is -2.15. The second-order valence-corrected chi connectivity index (χ2v) is 7.44. The zero-order chi connectivity index (χ0) is 15.3. The summed E-state index contributed by atoms with van der Waals surface area (Å²) in [4.78, 5) is 5.56. The molecule has 0 aliphatic rings. The molecule has 7 heteroatoms. The maximum atomic E-state index is 11.3. The Hall–Kier alpha value is -1.28. The smallest absolute Gasteiger partial charge is 0.215 e. The number of nitrogens with two attached hydrogens (primary N) is 1. The van der Waals surface area contributed by atoms with Gasteiger partial charge < -0.3 is 5.32 Å². The fourth-order valence-corrected chi connectivity index (χ4v) is 4.03. The summed E-state index contributed by atoms with van der Waals surface area (Å²) in [5.41, 5.74) is 1.86. The van der Waals surface area contributed by atoms with Gasteiger partial charge in [0.05, 0.1) is 5.69 Å². The van der Waals surface area contributed by atoms with Crippen LogP contribution in [-0.4, -0.2) is 26.5 Å². The molecule has 0 saturated heterocycles. The minimum atomic E-state index is -3.56. The number of nitrogens with one attached hydrogen (secondary N) is 1. The lowest BCUT2D eigenvalue weighted by Gasteiger charge is -2.03. The Bertz CT molecular complexity index is 681. The first-order valence-electron chi connectivity index (χ1n) is 6.75. The van der Waals surface area contributed by atoms with Crippen molar-refractivity contribution in [2.75, 3.05) is 13.1 Å². The number of thiazole rings is 1. The average Bonchev–Trinajstić information content (AvgIpc) is 2.81. The van der Waals surface area contributed by atoms with E-state index in [4.69, 9.17) is 5.14 Å². The molecule has 0 unspecified atom stereocenters. The van der Waals surface area contributed by atoms with Crippen molar-refractivity contribution in [2.24, 2.45) is 5.14 Å². The molecule has 3 N–H and O–H groups in total. The van der Waals surface area contributed by atoms with Crippen LogP contribution >= 0.6 is 11.3 Å². The second kappa shape index (κ2) is 7.13. The fourth-order valence-electron chi connectivity index (χ4n) is 2.00. The van der Waals surface area contributed by atoms with E-state index in [9.17, 15) is 8.42 Å².